The Labute approximate surface area is 105 Å². The number of carbonyl (C=O) groups excluding carboxylic acids is 1. The first kappa shape index (κ1) is 12.9. The summed E-state index contributed by atoms with van der Waals surface area (Å²) < 4.78 is 0. The molecule has 98 valence electrons. The Morgan fingerprint density at radius 1 is 1.29 bits per heavy atom. The van der Waals surface area contributed by atoms with Crippen LogP contribution in [-0.4, -0.2) is 36.0 Å². The number of amides is 1. The van der Waals surface area contributed by atoms with E-state index in [1.807, 2.05) is 0 Å². The van der Waals surface area contributed by atoms with Gasteiger partial charge in [0.2, 0.25) is 5.91 Å². The molecule has 2 unspecified atom stereocenters. The maximum Gasteiger partial charge on any atom is 0.239 e. The number of piperidine rings is 1. The fourth-order valence-electron chi connectivity index (χ4n) is 2.86. The number of nitrogens with one attached hydrogen (secondary N) is 1. The summed E-state index contributed by atoms with van der Waals surface area (Å²) in [5, 5.41) is 3.41. The van der Waals surface area contributed by atoms with Gasteiger partial charge in [0.25, 0.3) is 0 Å². The van der Waals surface area contributed by atoms with Gasteiger partial charge in [0.15, 0.2) is 0 Å². The second-order valence-electron chi connectivity index (χ2n) is 5.57. The summed E-state index contributed by atoms with van der Waals surface area (Å²) in [7, 11) is 0. The molecule has 3 nitrogen and oxygen atoms in total. The molecular weight excluding hydrogens is 212 g/mol. The van der Waals surface area contributed by atoms with E-state index < -0.39 is 0 Å². The van der Waals surface area contributed by atoms with Gasteiger partial charge in [-0.2, -0.15) is 0 Å². The van der Waals surface area contributed by atoms with E-state index in [4.69, 9.17) is 0 Å². The van der Waals surface area contributed by atoms with Crippen molar-refractivity contribution in [3.05, 3.63) is 0 Å². The number of rotatable bonds is 5. The second-order valence-corrected chi connectivity index (χ2v) is 5.57. The van der Waals surface area contributed by atoms with E-state index in [0.29, 0.717) is 11.9 Å². The molecule has 0 aromatic heterocycles. The third kappa shape index (κ3) is 3.21. The third-order valence-corrected chi connectivity index (χ3v) is 4.12. The van der Waals surface area contributed by atoms with E-state index in [0.717, 1.165) is 31.8 Å². The van der Waals surface area contributed by atoms with Gasteiger partial charge in [-0.05, 0) is 44.6 Å². The molecule has 1 aliphatic heterocycles. The lowest BCUT2D eigenvalue weighted by molar-refractivity contribution is -0.135. The van der Waals surface area contributed by atoms with Gasteiger partial charge in [-0.3, -0.25) is 4.79 Å². The number of nitrogens with zero attached hydrogens (tertiary/aromatic N) is 1. The van der Waals surface area contributed by atoms with Gasteiger partial charge in [-0.15, -0.1) is 0 Å². The van der Waals surface area contributed by atoms with Gasteiger partial charge in [0.05, 0.1) is 6.04 Å². The topological polar surface area (TPSA) is 32.3 Å². The van der Waals surface area contributed by atoms with Crippen LogP contribution in [0.4, 0.5) is 0 Å². The minimum absolute atomic E-state index is 0.0980. The first-order valence-electron chi connectivity index (χ1n) is 7.30. The van der Waals surface area contributed by atoms with E-state index in [9.17, 15) is 4.79 Å². The standard InChI is InChI=1S/C14H26N2O/c1-3-9-16(12-5-6-12)14(17)13-10-11(4-2)7-8-15-13/h11-13,15H,3-10H2,1-2H3. The summed E-state index contributed by atoms with van der Waals surface area (Å²) >= 11 is 0. The minimum atomic E-state index is 0.0980. The highest BCUT2D eigenvalue weighted by Crippen LogP contribution is 2.29. The molecule has 3 heteroatoms. The van der Waals surface area contributed by atoms with Crippen molar-refractivity contribution in [3.8, 4) is 0 Å². The van der Waals surface area contributed by atoms with E-state index in [1.54, 1.807) is 0 Å². The molecule has 1 saturated heterocycles. The van der Waals surface area contributed by atoms with Crippen LogP contribution >= 0.6 is 0 Å². The van der Waals surface area contributed by atoms with Crippen LogP contribution in [0, 0.1) is 5.92 Å². The largest absolute Gasteiger partial charge is 0.338 e. The SMILES string of the molecule is CCCN(C(=O)C1CC(CC)CCN1)C1CC1. The molecule has 1 amide bonds. The van der Waals surface area contributed by atoms with Crippen LogP contribution in [0.15, 0.2) is 0 Å². The van der Waals surface area contributed by atoms with Gasteiger partial charge < -0.3 is 10.2 Å². The molecule has 0 radical (unpaired) electrons. The summed E-state index contributed by atoms with van der Waals surface area (Å²) in [6.07, 6.45) is 7.00. The monoisotopic (exact) mass is 238 g/mol. The Balaban J connectivity index is 1.92. The molecule has 1 N–H and O–H groups in total. The van der Waals surface area contributed by atoms with E-state index in [2.05, 4.69) is 24.1 Å². The van der Waals surface area contributed by atoms with Gasteiger partial charge in [-0.1, -0.05) is 20.3 Å². The van der Waals surface area contributed by atoms with E-state index in [1.165, 1.54) is 25.7 Å². The van der Waals surface area contributed by atoms with Crippen molar-refractivity contribution < 1.29 is 4.79 Å². The number of carbonyl (C=O) groups is 1. The molecule has 2 rings (SSSR count). The Morgan fingerprint density at radius 2 is 2.06 bits per heavy atom. The molecule has 1 saturated carbocycles. The van der Waals surface area contributed by atoms with Crippen molar-refractivity contribution in [2.24, 2.45) is 5.92 Å². The molecule has 1 aliphatic carbocycles. The summed E-state index contributed by atoms with van der Waals surface area (Å²) in [4.78, 5) is 14.6. The molecule has 0 bridgehead atoms. The molecule has 0 aromatic rings. The fourth-order valence-corrected chi connectivity index (χ4v) is 2.86. The van der Waals surface area contributed by atoms with Crippen molar-refractivity contribution in [1.82, 2.24) is 10.2 Å². The van der Waals surface area contributed by atoms with E-state index in [-0.39, 0.29) is 6.04 Å². The molecule has 2 fully saturated rings. The van der Waals surface area contributed by atoms with Gasteiger partial charge >= 0.3 is 0 Å². The van der Waals surface area contributed by atoms with Gasteiger partial charge in [0.1, 0.15) is 0 Å². The van der Waals surface area contributed by atoms with Gasteiger partial charge in [0, 0.05) is 12.6 Å². The minimum Gasteiger partial charge on any atom is -0.338 e. The molecular formula is C14H26N2O. The first-order chi connectivity index (χ1) is 8.26. The Bertz CT molecular complexity index is 263. The third-order valence-electron chi connectivity index (χ3n) is 4.12. The smallest absolute Gasteiger partial charge is 0.239 e. The highest BCUT2D eigenvalue weighted by Gasteiger charge is 2.36. The van der Waals surface area contributed by atoms with Crippen LogP contribution in [0.25, 0.3) is 0 Å². The second kappa shape index (κ2) is 5.85. The summed E-state index contributed by atoms with van der Waals surface area (Å²) in [6, 6.07) is 0.659. The van der Waals surface area contributed by atoms with Crippen LogP contribution in [0.3, 0.4) is 0 Å². The summed E-state index contributed by atoms with van der Waals surface area (Å²) in [5.41, 5.74) is 0. The van der Waals surface area contributed by atoms with Crippen molar-refractivity contribution in [2.45, 2.75) is 64.5 Å². The van der Waals surface area contributed by atoms with Crippen molar-refractivity contribution in [2.75, 3.05) is 13.1 Å². The molecule has 2 atom stereocenters. The van der Waals surface area contributed by atoms with Crippen molar-refractivity contribution in [1.29, 1.82) is 0 Å². The Kier molecular flexibility index (Phi) is 4.43. The molecule has 0 spiro atoms. The predicted molar refractivity (Wildman–Crippen MR) is 69.8 cm³/mol. The zero-order valence-corrected chi connectivity index (χ0v) is 11.2. The van der Waals surface area contributed by atoms with Crippen LogP contribution in [0.2, 0.25) is 0 Å². The predicted octanol–water partition coefficient (Wildman–Crippen LogP) is 2.17. The lowest BCUT2D eigenvalue weighted by Crippen LogP contribution is -2.51. The van der Waals surface area contributed by atoms with Gasteiger partial charge in [-0.25, -0.2) is 0 Å². The molecule has 1 heterocycles. The Hall–Kier alpha value is -0.570. The molecule has 0 aromatic carbocycles. The van der Waals surface area contributed by atoms with Crippen LogP contribution < -0.4 is 5.32 Å². The Morgan fingerprint density at radius 3 is 2.65 bits per heavy atom. The summed E-state index contributed by atoms with van der Waals surface area (Å²) in [6.45, 7) is 6.35. The highest BCUT2D eigenvalue weighted by atomic mass is 16.2. The quantitative estimate of drug-likeness (QED) is 0.796. The molecule has 2 aliphatic rings. The first-order valence-corrected chi connectivity index (χ1v) is 7.30. The zero-order valence-electron chi connectivity index (χ0n) is 11.2. The van der Waals surface area contributed by atoms with Crippen LogP contribution in [0.5, 0.6) is 0 Å². The molecule has 17 heavy (non-hydrogen) atoms. The lowest BCUT2D eigenvalue weighted by Gasteiger charge is -2.33. The van der Waals surface area contributed by atoms with E-state index >= 15 is 0 Å². The number of hydrogen-bond acceptors (Lipinski definition) is 2. The highest BCUT2D eigenvalue weighted by molar-refractivity contribution is 5.82. The average molecular weight is 238 g/mol. The normalized spacial score (nSPS) is 29.1. The maximum atomic E-state index is 12.5. The van der Waals surface area contributed by atoms with Crippen LogP contribution in [0.1, 0.15) is 52.4 Å². The zero-order chi connectivity index (χ0) is 12.3. The maximum absolute atomic E-state index is 12.5. The average Bonchev–Trinajstić information content (AvgIpc) is 3.19. The number of hydrogen-bond donors (Lipinski definition) is 1. The lowest BCUT2D eigenvalue weighted by atomic mass is 9.90. The summed E-state index contributed by atoms with van der Waals surface area (Å²) in [5.74, 6) is 1.11. The van der Waals surface area contributed by atoms with Crippen LogP contribution in [-0.2, 0) is 4.79 Å². The fraction of sp³-hybridized carbons (Fsp3) is 0.929. The van der Waals surface area contributed by atoms with Crippen molar-refractivity contribution in [3.63, 3.8) is 0 Å². The van der Waals surface area contributed by atoms with Crippen molar-refractivity contribution >= 4 is 5.91 Å².